The normalized spacial score (nSPS) is 18.1. The molecule has 7 heteroatoms. The minimum absolute atomic E-state index is 0.00204. The first-order valence-corrected chi connectivity index (χ1v) is 6.99. The zero-order valence-electron chi connectivity index (χ0n) is 12.5. The number of nitrogens with zero attached hydrogens (tertiary/aromatic N) is 3. The second-order valence-corrected chi connectivity index (χ2v) is 6.14. The molecule has 0 bridgehead atoms. The molecular weight excluding hydrogens is 258 g/mol. The molecule has 0 amide bonds. The van der Waals surface area contributed by atoms with Gasteiger partial charge in [0.2, 0.25) is 5.82 Å². The van der Waals surface area contributed by atoms with Crippen LogP contribution in [-0.4, -0.2) is 26.8 Å². The molecule has 7 nitrogen and oxygen atoms in total. The first-order chi connectivity index (χ1) is 9.30. The number of rotatable bonds is 6. The van der Waals surface area contributed by atoms with Crippen molar-refractivity contribution in [2.24, 2.45) is 18.7 Å². The fraction of sp³-hybridized carbons (Fsp3) is 0.769. The van der Waals surface area contributed by atoms with Crippen molar-refractivity contribution in [3.63, 3.8) is 0 Å². The number of hydrogen-bond acceptors (Lipinski definition) is 5. The summed E-state index contributed by atoms with van der Waals surface area (Å²) in [6.45, 7) is 6.28. The van der Waals surface area contributed by atoms with Crippen LogP contribution in [0.1, 0.15) is 45.2 Å². The van der Waals surface area contributed by atoms with Crippen molar-refractivity contribution < 1.29 is 4.92 Å². The van der Waals surface area contributed by atoms with E-state index in [1.54, 1.807) is 11.7 Å². The minimum Gasteiger partial charge on any atom is -0.358 e. The number of aryl methyl sites for hydroxylation is 1. The average Bonchev–Trinajstić information content (AvgIpc) is 3.16. The van der Waals surface area contributed by atoms with Gasteiger partial charge >= 0.3 is 5.69 Å². The monoisotopic (exact) mass is 281 g/mol. The molecule has 1 heterocycles. The Hall–Kier alpha value is -1.63. The lowest BCUT2D eigenvalue weighted by atomic mass is 9.96. The molecule has 1 atom stereocenters. The molecule has 1 aromatic rings. The van der Waals surface area contributed by atoms with Crippen LogP contribution in [0.3, 0.4) is 0 Å². The van der Waals surface area contributed by atoms with E-state index in [2.05, 4.69) is 10.4 Å². The molecule has 0 spiro atoms. The topological polar surface area (TPSA) is 99.0 Å². The van der Waals surface area contributed by atoms with Gasteiger partial charge in [-0.25, -0.2) is 4.68 Å². The van der Waals surface area contributed by atoms with Crippen LogP contribution < -0.4 is 11.1 Å². The van der Waals surface area contributed by atoms with Crippen molar-refractivity contribution >= 4 is 11.5 Å². The quantitative estimate of drug-likeness (QED) is 0.613. The average molecular weight is 281 g/mol. The van der Waals surface area contributed by atoms with E-state index in [1.807, 2.05) is 20.8 Å². The van der Waals surface area contributed by atoms with Gasteiger partial charge in [-0.2, -0.15) is 5.10 Å². The van der Waals surface area contributed by atoms with Gasteiger partial charge in [0.15, 0.2) is 0 Å². The van der Waals surface area contributed by atoms with Crippen LogP contribution in [0, 0.1) is 16.0 Å². The van der Waals surface area contributed by atoms with E-state index in [-0.39, 0.29) is 22.1 Å². The summed E-state index contributed by atoms with van der Waals surface area (Å²) in [5.74, 6) is 0.935. The van der Waals surface area contributed by atoms with Gasteiger partial charge in [0.25, 0.3) is 0 Å². The van der Waals surface area contributed by atoms with E-state index in [0.29, 0.717) is 24.0 Å². The van der Waals surface area contributed by atoms with E-state index in [9.17, 15) is 10.1 Å². The van der Waals surface area contributed by atoms with Crippen LogP contribution in [0.25, 0.3) is 0 Å². The van der Waals surface area contributed by atoms with Crippen LogP contribution in [0.15, 0.2) is 0 Å². The summed E-state index contributed by atoms with van der Waals surface area (Å²) in [7, 11) is 1.73. The molecule has 1 aromatic heterocycles. The summed E-state index contributed by atoms with van der Waals surface area (Å²) in [4.78, 5) is 11.0. The van der Waals surface area contributed by atoms with Crippen molar-refractivity contribution in [3.8, 4) is 0 Å². The molecule has 20 heavy (non-hydrogen) atoms. The Morgan fingerprint density at radius 1 is 1.60 bits per heavy atom. The molecule has 1 saturated carbocycles. The standard InChI is InChI=1S/C13H23N5O2/c1-8(2)10-11(18(19)20)12(17(4)16-10)15-13(3,7-14)9-5-6-9/h8-9,15H,5-7,14H2,1-4H3. The number of aromatic nitrogens is 2. The molecule has 2 rings (SSSR count). The van der Waals surface area contributed by atoms with Crippen molar-refractivity contribution in [1.82, 2.24) is 9.78 Å². The molecule has 112 valence electrons. The van der Waals surface area contributed by atoms with E-state index < -0.39 is 0 Å². The molecule has 0 aliphatic heterocycles. The van der Waals surface area contributed by atoms with Gasteiger partial charge in [-0.1, -0.05) is 13.8 Å². The number of nitrogens with one attached hydrogen (secondary N) is 1. The van der Waals surface area contributed by atoms with Gasteiger partial charge < -0.3 is 11.1 Å². The van der Waals surface area contributed by atoms with Crippen LogP contribution in [-0.2, 0) is 7.05 Å². The van der Waals surface area contributed by atoms with E-state index in [0.717, 1.165) is 12.8 Å². The van der Waals surface area contributed by atoms with Crippen LogP contribution in [0.4, 0.5) is 11.5 Å². The molecular formula is C13H23N5O2. The lowest BCUT2D eigenvalue weighted by molar-refractivity contribution is -0.384. The van der Waals surface area contributed by atoms with E-state index in [4.69, 9.17) is 5.73 Å². The van der Waals surface area contributed by atoms with Crippen molar-refractivity contribution in [2.75, 3.05) is 11.9 Å². The lowest BCUT2D eigenvalue weighted by Crippen LogP contribution is -2.45. The van der Waals surface area contributed by atoms with Crippen molar-refractivity contribution in [2.45, 2.75) is 45.1 Å². The minimum atomic E-state index is -0.353. The van der Waals surface area contributed by atoms with Gasteiger partial charge in [-0.05, 0) is 25.7 Å². The molecule has 3 N–H and O–H groups in total. The number of nitro groups is 1. The maximum atomic E-state index is 11.4. The number of anilines is 1. The summed E-state index contributed by atoms with van der Waals surface area (Å²) in [6.07, 6.45) is 2.23. The van der Waals surface area contributed by atoms with Gasteiger partial charge in [0, 0.05) is 19.5 Å². The second-order valence-electron chi connectivity index (χ2n) is 6.14. The molecule has 1 unspecified atom stereocenters. The largest absolute Gasteiger partial charge is 0.358 e. The maximum Gasteiger partial charge on any atom is 0.334 e. The smallest absolute Gasteiger partial charge is 0.334 e. The van der Waals surface area contributed by atoms with Crippen molar-refractivity contribution in [3.05, 3.63) is 15.8 Å². The SMILES string of the molecule is CC(C)c1nn(C)c(NC(C)(CN)C2CC2)c1[N+](=O)[O-]. The Kier molecular flexibility index (Phi) is 3.73. The summed E-state index contributed by atoms with van der Waals surface area (Å²) in [6, 6.07) is 0. The number of nitrogens with two attached hydrogens (primary N) is 1. The Morgan fingerprint density at radius 2 is 2.20 bits per heavy atom. The highest BCUT2D eigenvalue weighted by atomic mass is 16.6. The Bertz CT molecular complexity index is 521. The summed E-state index contributed by atoms with van der Waals surface area (Å²) in [5, 5.41) is 19.0. The third-order valence-corrected chi connectivity index (χ3v) is 4.08. The van der Waals surface area contributed by atoms with Crippen LogP contribution in [0.5, 0.6) is 0 Å². The van der Waals surface area contributed by atoms with Crippen molar-refractivity contribution in [1.29, 1.82) is 0 Å². The maximum absolute atomic E-state index is 11.4. The number of hydrogen-bond donors (Lipinski definition) is 2. The highest BCUT2D eigenvalue weighted by molar-refractivity contribution is 5.62. The van der Waals surface area contributed by atoms with Crippen LogP contribution in [0.2, 0.25) is 0 Å². The fourth-order valence-electron chi connectivity index (χ4n) is 2.55. The summed E-state index contributed by atoms with van der Waals surface area (Å²) < 4.78 is 1.56. The molecule has 0 aromatic carbocycles. The zero-order chi connectivity index (χ0) is 15.1. The third kappa shape index (κ3) is 2.49. The van der Waals surface area contributed by atoms with Gasteiger partial charge in [-0.15, -0.1) is 0 Å². The third-order valence-electron chi connectivity index (χ3n) is 4.08. The Morgan fingerprint density at radius 3 is 2.60 bits per heavy atom. The first kappa shape index (κ1) is 14.8. The van der Waals surface area contributed by atoms with E-state index in [1.165, 1.54) is 0 Å². The molecule has 0 saturated heterocycles. The van der Waals surface area contributed by atoms with E-state index >= 15 is 0 Å². The van der Waals surface area contributed by atoms with Crippen LogP contribution >= 0.6 is 0 Å². The van der Waals surface area contributed by atoms with Gasteiger partial charge in [-0.3, -0.25) is 10.1 Å². The predicted octanol–water partition coefficient (Wildman–Crippen LogP) is 1.99. The fourth-order valence-corrected chi connectivity index (χ4v) is 2.55. The van der Waals surface area contributed by atoms with Gasteiger partial charge in [0.05, 0.1) is 10.5 Å². The molecule has 0 radical (unpaired) electrons. The highest BCUT2D eigenvalue weighted by Gasteiger charge is 2.43. The first-order valence-electron chi connectivity index (χ1n) is 6.99. The summed E-state index contributed by atoms with van der Waals surface area (Å²) >= 11 is 0. The summed E-state index contributed by atoms with van der Waals surface area (Å²) in [5.41, 5.74) is 6.15. The molecule has 1 aliphatic rings. The molecule has 1 aliphatic carbocycles. The zero-order valence-corrected chi connectivity index (χ0v) is 12.5. The predicted molar refractivity (Wildman–Crippen MR) is 77.8 cm³/mol. The highest BCUT2D eigenvalue weighted by Crippen LogP contribution is 2.43. The molecule has 1 fully saturated rings. The lowest BCUT2D eigenvalue weighted by Gasteiger charge is -2.30. The Labute approximate surface area is 118 Å². The Balaban J connectivity index is 2.42. The van der Waals surface area contributed by atoms with Gasteiger partial charge in [0.1, 0.15) is 5.69 Å². The second kappa shape index (κ2) is 5.05.